The van der Waals surface area contributed by atoms with E-state index in [1.165, 1.54) is 0 Å². The second-order valence-corrected chi connectivity index (χ2v) is 3.98. The quantitative estimate of drug-likeness (QED) is 0.280. The molecule has 0 bridgehead atoms. The van der Waals surface area contributed by atoms with Gasteiger partial charge in [-0.2, -0.15) is 0 Å². The second-order valence-electron chi connectivity index (χ2n) is 3.98. The fraction of sp³-hybridized carbons (Fsp3) is 0.286. The van der Waals surface area contributed by atoms with Crippen LogP contribution in [0, 0.1) is 0 Å². The zero-order valence-electron chi connectivity index (χ0n) is 10.5. The fourth-order valence-electron chi connectivity index (χ4n) is 1.96. The molecule has 0 unspecified atom stereocenters. The number of rotatable bonds is 7. The third-order valence-electron chi connectivity index (χ3n) is 2.79. The van der Waals surface area contributed by atoms with Gasteiger partial charge in [-0.05, 0) is 29.5 Å². The van der Waals surface area contributed by atoms with Gasteiger partial charge in [0.25, 0.3) is 5.91 Å². The van der Waals surface area contributed by atoms with Crippen LogP contribution in [0.3, 0.4) is 0 Å². The van der Waals surface area contributed by atoms with Crippen molar-refractivity contribution in [1.29, 1.82) is 0 Å². The van der Waals surface area contributed by atoms with Gasteiger partial charge in [0, 0.05) is 13.2 Å². The van der Waals surface area contributed by atoms with Crippen molar-refractivity contribution in [1.82, 2.24) is 0 Å². The molecule has 0 aliphatic carbocycles. The van der Waals surface area contributed by atoms with Crippen LogP contribution in [0.5, 0.6) is 0 Å². The summed E-state index contributed by atoms with van der Waals surface area (Å²) in [5.74, 6) is -0.822. The summed E-state index contributed by atoms with van der Waals surface area (Å²) in [4.78, 5) is 22.3. The van der Waals surface area contributed by atoms with Crippen molar-refractivity contribution >= 4 is 17.8 Å². The fourth-order valence-corrected chi connectivity index (χ4v) is 1.96. The lowest BCUT2D eigenvalue weighted by molar-refractivity contribution is -0.116. The van der Waals surface area contributed by atoms with Crippen molar-refractivity contribution in [2.75, 3.05) is 13.2 Å². The van der Waals surface area contributed by atoms with Gasteiger partial charge in [0.05, 0.1) is 5.57 Å². The molecule has 0 atom stereocenters. The maximum absolute atomic E-state index is 11.3. The summed E-state index contributed by atoms with van der Waals surface area (Å²) in [5, 5.41) is 18.1. The minimum Gasteiger partial charge on any atom is -0.396 e. The maximum Gasteiger partial charge on any atom is 0.252 e. The first-order valence-electron chi connectivity index (χ1n) is 5.93. The minimum absolute atomic E-state index is 0.0452. The Balaban J connectivity index is 3.41. The summed E-state index contributed by atoms with van der Waals surface area (Å²) in [7, 11) is 0. The van der Waals surface area contributed by atoms with E-state index in [2.05, 4.69) is 0 Å². The molecule has 0 aliphatic rings. The molecule has 0 heterocycles. The van der Waals surface area contributed by atoms with Gasteiger partial charge >= 0.3 is 0 Å². The van der Waals surface area contributed by atoms with Crippen molar-refractivity contribution in [2.24, 2.45) is 5.73 Å². The van der Waals surface area contributed by atoms with Crippen LogP contribution in [-0.4, -0.2) is 35.6 Å². The van der Waals surface area contributed by atoms with Gasteiger partial charge in [-0.25, -0.2) is 0 Å². The van der Waals surface area contributed by atoms with Crippen LogP contribution in [0.1, 0.15) is 17.5 Å². The monoisotopic (exact) mass is 263 g/mol. The van der Waals surface area contributed by atoms with Crippen LogP contribution in [0.4, 0.5) is 0 Å². The summed E-state index contributed by atoms with van der Waals surface area (Å²) < 4.78 is 0. The molecule has 0 saturated carbocycles. The van der Waals surface area contributed by atoms with Crippen LogP contribution < -0.4 is 5.73 Å². The molecule has 0 radical (unpaired) electrons. The van der Waals surface area contributed by atoms with E-state index in [0.29, 0.717) is 23.8 Å². The number of nitrogens with two attached hydrogens (primary N) is 1. The van der Waals surface area contributed by atoms with Gasteiger partial charge in [-0.3, -0.25) is 9.59 Å². The van der Waals surface area contributed by atoms with Gasteiger partial charge < -0.3 is 15.9 Å². The molecule has 0 saturated heterocycles. The Bertz CT molecular complexity index is 494. The number of amides is 1. The van der Waals surface area contributed by atoms with Crippen molar-refractivity contribution in [2.45, 2.75) is 12.8 Å². The zero-order chi connectivity index (χ0) is 14.3. The van der Waals surface area contributed by atoms with Crippen molar-refractivity contribution in [3.05, 3.63) is 41.0 Å². The second kappa shape index (κ2) is 7.45. The summed E-state index contributed by atoms with van der Waals surface area (Å²) in [6.45, 7) is -0.246. The molecule has 5 nitrogen and oxygen atoms in total. The Morgan fingerprint density at radius 3 is 2.42 bits per heavy atom. The predicted octanol–water partition coefficient (Wildman–Crippen LogP) is 0.0416. The number of aliphatic hydroxyl groups excluding tert-OH is 2. The molecule has 1 aromatic carbocycles. The van der Waals surface area contributed by atoms with E-state index in [0.717, 1.165) is 5.56 Å². The van der Waals surface area contributed by atoms with E-state index in [9.17, 15) is 9.59 Å². The molecule has 5 heteroatoms. The topological polar surface area (TPSA) is 101 Å². The van der Waals surface area contributed by atoms with E-state index in [1.54, 1.807) is 24.3 Å². The van der Waals surface area contributed by atoms with Crippen LogP contribution >= 0.6 is 0 Å². The van der Waals surface area contributed by atoms with E-state index in [1.807, 2.05) is 0 Å². The average molecular weight is 263 g/mol. The highest BCUT2D eigenvalue weighted by Gasteiger charge is 2.15. The SMILES string of the molecule is NC(=O)C(C=O)=C(CCO)c1ccccc1CCO. The first-order chi connectivity index (χ1) is 9.15. The average Bonchev–Trinajstić information content (AvgIpc) is 2.39. The molecule has 1 aromatic rings. The van der Waals surface area contributed by atoms with Gasteiger partial charge in [-0.1, -0.05) is 24.3 Å². The molecular weight excluding hydrogens is 246 g/mol. The summed E-state index contributed by atoms with van der Waals surface area (Å²) in [6, 6.07) is 7.10. The largest absolute Gasteiger partial charge is 0.396 e. The lowest BCUT2D eigenvalue weighted by atomic mass is 9.92. The van der Waals surface area contributed by atoms with E-state index < -0.39 is 5.91 Å². The Kier molecular flexibility index (Phi) is 5.92. The third kappa shape index (κ3) is 3.74. The highest BCUT2D eigenvalue weighted by atomic mass is 16.3. The highest BCUT2D eigenvalue weighted by molar-refractivity contribution is 6.16. The molecule has 4 N–H and O–H groups in total. The van der Waals surface area contributed by atoms with E-state index in [-0.39, 0.29) is 25.2 Å². The van der Waals surface area contributed by atoms with Crippen molar-refractivity contribution in [3.63, 3.8) is 0 Å². The molecule has 102 valence electrons. The maximum atomic E-state index is 11.3. The predicted molar refractivity (Wildman–Crippen MR) is 71.1 cm³/mol. The van der Waals surface area contributed by atoms with Gasteiger partial charge in [0.1, 0.15) is 0 Å². The molecular formula is C14H17NO4. The smallest absolute Gasteiger partial charge is 0.252 e. The Morgan fingerprint density at radius 2 is 1.89 bits per heavy atom. The van der Waals surface area contributed by atoms with Crippen LogP contribution in [-0.2, 0) is 16.0 Å². The summed E-state index contributed by atoms with van der Waals surface area (Å²) >= 11 is 0. The number of hydrogen-bond acceptors (Lipinski definition) is 4. The van der Waals surface area contributed by atoms with Gasteiger partial charge in [0.2, 0.25) is 0 Å². The summed E-state index contributed by atoms with van der Waals surface area (Å²) in [6.07, 6.45) is 0.957. The van der Waals surface area contributed by atoms with Crippen LogP contribution in [0.15, 0.2) is 29.8 Å². The number of aldehydes is 1. The Labute approximate surface area is 111 Å². The zero-order valence-corrected chi connectivity index (χ0v) is 10.5. The van der Waals surface area contributed by atoms with E-state index in [4.69, 9.17) is 15.9 Å². The van der Waals surface area contributed by atoms with Crippen molar-refractivity contribution < 1.29 is 19.8 Å². The number of primary amides is 1. The standard InChI is InChI=1S/C14H17NO4/c15-14(19)13(9-18)12(6-8-17)11-4-2-1-3-10(11)5-7-16/h1-4,9,16-17H,5-8H2,(H2,15,19). The molecule has 1 rings (SSSR count). The van der Waals surface area contributed by atoms with Crippen LogP contribution in [0.25, 0.3) is 5.57 Å². The first kappa shape index (κ1) is 15.1. The number of benzene rings is 1. The number of carbonyl (C=O) groups is 2. The molecule has 0 aliphatic heterocycles. The highest BCUT2D eigenvalue weighted by Crippen LogP contribution is 2.25. The number of hydrogen-bond donors (Lipinski definition) is 3. The molecule has 1 amide bonds. The summed E-state index contributed by atoms with van der Waals surface area (Å²) in [5.41, 5.74) is 6.91. The molecule has 19 heavy (non-hydrogen) atoms. The van der Waals surface area contributed by atoms with Gasteiger partial charge in [0.15, 0.2) is 6.29 Å². The normalized spacial score (nSPS) is 11.9. The van der Waals surface area contributed by atoms with Crippen LogP contribution in [0.2, 0.25) is 0 Å². The Hall–Kier alpha value is -1.98. The minimum atomic E-state index is -0.822. The molecule has 0 fully saturated rings. The molecule has 0 spiro atoms. The lowest BCUT2D eigenvalue weighted by Crippen LogP contribution is -2.17. The molecule has 0 aromatic heterocycles. The first-order valence-corrected chi connectivity index (χ1v) is 5.93. The number of aliphatic hydroxyl groups is 2. The van der Waals surface area contributed by atoms with Crippen molar-refractivity contribution in [3.8, 4) is 0 Å². The number of carbonyl (C=O) groups excluding carboxylic acids is 2. The van der Waals surface area contributed by atoms with Gasteiger partial charge in [-0.15, -0.1) is 0 Å². The lowest BCUT2D eigenvalue weighted by Gasteiger charge is -2.13. The van der Waals surface area contributed by atoms with E-state index >= 15 is 0 Å². The Morgan fingerprint density at radius 1 is 1.21 bits per heavy atom. The third-order valence-corrected chi connectivity index (χ3v) is 2.79.